The lowest BCUT2D eigenvalue weighted by Gasteiger charge is -2.34. The van der Waals surface area contributed by atoms with Crippen LogP contribution >= 0.6 is 7.60 Å². The first-order valence-electron chi connectivity index (χ1n) is 17.7. The first-order valence-corrected chi connectivity index (χ1v) is 19.3. The second-order valence-corrected chi connectivity index (χ2v) is 16.7. The standard InChI is InChI=1S/C37H49N2O9P/c1-4-27-19-37(27,49(43,44)45)20-32(40)31-17-28-21-39(31)36(42)30(24-10-6-5-7-11-24)18-34(41)47-22-23(2)9-8-12-26-15-29-25(16-33(26)46-3)13-14-38-35(29)48-28/h4,13-16,23-24,27-28,30-31H,1,5-12,17-22H2,2-3H3,(H2,43,44,45)/t23-,27?,28+,30-,31-,37?/m0/s1. The molecule has 3 fully saturated rings. The maximum atomic E-state index is 14.6. The second kappa shape index (κ2) is 14.5. The van der Waals surface area contributed by atoms with Crippen molar-refractivity contribution in [2.75, 3.05) is 20.3 Å². The SMILES string of the molecule is C=CC1CC1(CC(=O)[C@@H]1C[C@@H]2CN1C(=O)[C@H](C1CCCCC1)CC(=O)OC[C@@H](C)CCCc1cc3c(nccc3cc1OC)O2)P(=O)(O)O. The summed E-state index contributed by atoms with van der Waals surface area (Å²) in [5.74, 6) is -1.09. The number of aromatic nitrogens is 1. The molecular formula is C37H49N2O9P. The number of hydrogen-bond donors (Lipinski definition) is 2. The summed E-state index contributed by atoms with van der Waals surface area (Å²) in [5, 5.41) is 0.159. The lowest BCUT2D eigenvalue weighted by atomic mass is 9.77. The van der Waals surface area contributed by atoms with E-state index < -0.39 is 48.5 Å². The number of methoxy groups -OCH3 is 1. The third kappa shape index (κ3) is 7.45. The van der Waals surface area contributed by atoms with Crippen molar-refractivity contribution in [1.29, 1.82) is 0 Å². The van der Waals surface area contributed by atoms with Crippen LogP contribution in [0.2, 0.25) is 0 Å². The van der Waals surface area contributed by atoms with E-state index >= 15 is 0 Å². The summed E-state index contributed by atoms with van der Waals surface area (Å²) in [4.78, 5) is 68.8. The van der Waals surface area contributed by atoms with E-state index in [1.54, 1.807) is 13.3 Å². The van der Waals surface area contributed by atoms with Gasteiger partial charge < -0.3 is 28.9 Å². The second-order valence-electron chi connectivity index (χ2n) is 14.7. The van der Waals surface area contributed by atoms with Crippen LogP contribution in [0.25, 0.3) is 10.8 Å². The molecule has 11 nitrogen and oxygen atoms in total. The minimum atomic E-state index is -4.66. The van der Waals surface area contributed by atoms with Gasteiger partial charge in [-0.2, -0.15) is 0 Å². The Morgan fingerprint density at radius 1 is 1.18 bits per heavy atom. The first kappa shape index (κ1) is 35.6. The molecule has 2 aliphatic carbocycles. The number of benzene rings is 1. The average Bonchev–Trinajstić information content (AvgIpc) is 3.66. The van der Waals surface area contributed by atoms with Crippen LogP contribution in [0.3, 0.4) is 0 Å². The molecule has 2 saturated carbocycles. The number of fused-ring (bicyclic) bond motifs is 3. The van der Waals surface area contributed by atoms with E-state index in [-0.39, 0.29) is 56.6 Å². The minimum absolute atomic E-state index is 0.0318. The number of carbonyl (C=O) groups excluding carboxylic acids is 3. The Bertz CT molecular complexity index is 1630. The largest absolute Gasteiger partial charge is 0.496 e. The summed E-state index contributed by atoms with van der Waals surface area (Å²) < 4.78 is 30.7. The van der Waals surface area contributed by atoms with Gasteiger partial charge in [0.15, 0.2) is 5.78 Å². The van der Waals surface area contributed by atoms with Crippen LogP contribution in [-0.2, 0) is 30.1 Å². The van der Waals surface area contributed by atoms with Crippen molar-refractivity contribution in [3.63, 3.8) is 0 Å². The van der Waals surface area contributed by atoms with Crippen LogP contribution in [-0.4, -0.2) is 74.9 Å². The minimum Gasteiger partial charge on any atom is -0.496 e. The number of ether oxygens (including phenoxy) is 3. The van der Waals surface area contributed by atoms with Crippen LogP contribution < -0.4 is 9.47 Å². The number of esters is 1. The van der Waals surface area contributed by atoms with Crippen LogP contribution in [0, 0.1) is 23.7 Å². The Hall–Kier alpha value is -3.27. The Morgan fingerprint density at radius 2 is 1.96 bits per heavy atom. The van der Waals surface area contributed by atoms with Gasteiger partial charge in [-0.15, -0.1) is 6.58 Å². The molecule has 266 valence electrons. The van der Waals surface area contributed by atoms with Crippen molar-refractivity contribution in [3.8, 4) is 11.6 Å². The molecule has 1 saturated heterocycles. The van der Waals surface area contributed by atoms with Gasteiger partial charge in [0, 0.05) is 24.4 Å². The third-order valence-electron chi connectivity index (χ3n) is 11.4. The first-order chi connectivity index (χ1) is 23.4. The van der Waals surface area contributed by atoms with E-state index in [1.807, 2.05) is 25.1 Å². The molecule has 6 rings (SSSR count). The Kier molecular flexibility index (Phi) is 10.5. The maximum absolute atomic E-state index is 14.6. The highest BCUT2D eigenvalue weighted by Gasteiger charge is 2.65. The predicted molar refractivity (Wildman–Crippen MR) is 183 cm³/mol. The van der Waals surface area contributed by atoms with Gasteiger partial charge in [0.2, 0.25) is 11.8 Å². The molecule has 1 aromatic heterocycles. The fourth-order valence-electron chi connectivity index (χ4n) is 8.38. The van der Waals surface area contributed by atoms with Gasteiger partial charge in [0.05, 0.1) is 43.8 Å². The number of carbonyl (C=O) groups is 3. The zero-order valence-electron chi connectivity index (χ0n) is 28.6. The number of pyridine rings is 1. The van der Waals surface area contributed by atoms with Gasteiger partial charge in [-0.3, -0.25) is 18.9 Å². The summed E-state index contributed by atoms with van der Waals surface area (Å²) >= 11 is 0. The summed E-state index contributed by atoms with van der Waals surface area (Å²) in [7, 11) is -3.02. The molecule has 4 bridgehead atoms. The molecule has 2 N–H and O–H groups in total. The van der Waals surface area contributed by atoms with Crippen molar-refractivity contribution in [2.45, 2.75) is 101 Å². The van der Waals surface area contributed by atoms with Crippen molar-refractivity contribution >= 4 is 36.0 Å². The van der Waals surface area contributed by atoms with Crippen molar-refractivity contribution < 1.29 is 42.9 Å². The number of rotatable bonds is 7. The molecule has 2 aromatic rings. The third-order valence-corrected chi connectivity index (χ3v) is 13.2. The van der Waals surface area contributed by atoms with E-state index in [0.717, 1.165) is 73.5 Å². The number of cyclic esters (lactones) is 1. The van der Waals surface area contributed by atoms with Crippen LogP contribution in [0.15, 0.2) is 37.1 Å². The molecule has 1 aromatic carbocycles. The van der Waals surface area contributed by atoms with E-state index in [2.05, 4.69) is 11.6 Å². The lowest BCUT2D eigenvalue weighted by Crippen LogP contribution is -2.47. The number of Topliss-reactive ketones (excluding diaryl/α,β-unsaturated/α-hetero) is 1. The molecule has 0 spiro atoms. The van der Waals surface area contributed by atoms with Gasteiger partial charge >= 0.3 is 13.6 Å². The van der Waals surface area contributed by atoms with E-state index in [0.29, 0.717) is 5.88 Å². The number of nitrogens with zero attached hydrogens (tertiary/aromatic N) is 2. The highest BCUT2D eigenvalue weighted by Crippen LogP contribution is 2.71. The van der Waals surface area contributed by atoms with Gasteiger partial charge in [-0.05, 0) is 85.4 Å². The Balaban J connectivity index is 1.37. The molecule has 4 aliphatic rings. The quantitative estimate of drug-likeness (QED) is 0.207. The molecular weight excluding hydrogens is 647 g/mol. The van der Waals surface area contributed by atoms with Crippen LogP contribution in [0.4, 0.5) is 0 Å². The highest BCUT2D eigenvalue weighted by atomic mass is 31.2. The fraction of sp³-hybridized carbons (Fsp3) is 0.622. The molecule has 12 heteroatoms. The molecule has 3 heterocycles. The fourth-order valence-corrected chi connectivity index (χ4v) is 9.71. The average molecular weight is 697 g/mol. The van der Waals surface area contributed by atoms with E-state index in [1.165, 1.54) is 11.0 Å². The maximum Gasteiger partial charge on any atom is 0.332 e. The van der Waals surface area contributed by atoms with Crippen LogP contribution in [0.5, 0.6) is 11.6 Å². The van der Waals surface area contributed by atoms with Gasteiger partial charge in [0.1, 0.15) is 11.9 Å². The van der Waals surface area contributed by atoms with E-state index in [9.17, 15) is 28.7 Å². The molecule has 2 aliphatic heterocycles. The zero-order chi connectivity index (χ0) is 34.9. The summed E-state index contributed by atoms with van der Waals surface area (Å²) in [5.41, 5.74) is 0.994. The summed E-state index contributed by atoms with van der Waals surface area (Å²) in [6.45, 7) is 6.10. The predicted octanol–water partition coefficient (Wildman–Crippen LogP) is 5.78. The van der Waals surface area contributed by atoms with Crippen molar-refractivity contribution in [1.82, 2.24) is 9.88 Å². The monoisotopic (exact) mass is 696 g/mol. The molecule has 0 radical (unpaired) electrons. The number of aryl methyl sites for hydroxylation is 1. The smallest absolute Gasteiger partial charge is 0.332 e. The molecule has 49 heavy (non-hydrogen) atoms. The van der Waals surface area contributed by atoms with E-state index in [4.69, 9.17) is 14.2 Å². The number of hydrogen-bond acceptors (Lipinski definition) is 8. The zero-order valence-corrected chi connectivity index (χ0v) is 29.4. The number of allylic oxidation sites excluding steroid dienone is 1. The summed E-state index contributed by atoms with van der Waals surface area (Å²) in [6.07, 6.45) is 9.41. The Labute approximate surface area is 287 Å². The number of ketones is 1. The van der Waals surface area contributed by atoms with Crippen LogP contribution in [0.1, 0.15) is 83.1 Å². The lowest BCUT2D eigenvalue weighted by molar-refractivity contribution is -0.152. The normalized spacial score (nSPS) is 30.3. The highest BCUT2D eigenvalue weighted by molar-refractivity contribution is 7.54. The molecule has 2 unspecified atom stereocenters. The van der Waals surface area contributed by atoms with Gasteiger partial charge in [0.25, 0.3) is 0 Å². The van der Waals surface area contributed by atoms with Crippen molar-refractivity contribution in [2.24, 2.45) is 23.7 Å². The van der Waals surface area contributed by atoms with Gasteiger partial charge in [-0.1, -0.05) is 32.3 Å². The topological polar surface area (TPSA) is 153 Å². The molecule has 6 atom stereocenters. The van der Waals surface area contributed by atoms with Gasteiger partial charge in [-0.25, -0.2) is 4.98 Å². The summed E-state index contributed by atoms with van der Waals surface area (Å²) in [6, 6.07) is 4.90. The molecule has 1 amide bonds. The van der Waals surface area contributed by atoms with Crippen molar-refractivity contribution in [3.05, 3.63) is 42.6 Å². The number of amides is 1. The Morgan fingerprint density at radius 3 is 2.65 bits per heavy atom.